The summed E-state index contributed by atoms with van der Waals surface area (Å²) in [5.74, 6) is -0.403. The Bertz CT molecular complexity index is 405. The van der Waals surface area contributed by atoms with Crippen molar-refractivity contribution in [1.29, 1.82) is 0 Å². The van der Waals surface area contributed by atoms with E-state index in [0.29, 0.717) is 13.1 Å². The second-order valence-electron chi connectivity index (χ2n) is 4.90. The number of esters is 1. The van der Waals surface area contributed by atoms with E-state index in [9.17, 15) is 13.2 Å². The van der Waals surface area contributed by atoms with E-state index in [4.69, 9.17) is 0 Å². The van der Waals surface area contributed by atoms with Gasteiger partial charge in [0.05, 0.1) is 13.5 Å². The molecule has 1 heterocycles. The Morgan fingerprint density at radius 2 is 1.85 bits per heavy atom. The summed E-state index contributed by atoms with van der Waals surface area (Å²) in [5, 5.41) is 0. The standard InChI is InChI=1S/C12H25N3O4S/c1-4-6-14-8-10-15(11-9-14)20(17,18)13(2)7-5-12(16)19-3/h4-11H2,1-3H3. The highest BCUT2D eigenvalue weighted by Crippen LogP contribution is 2.11. The summed E-state index contributed by atoms with van der Waals surface area (Å²) in [7, 11) is -0.680. The van der Waals surface area contributed by atoms with Crippen LogP contribution in [0.3, 0.4) is 0 Å². The lowest BCUT2D eigenvalue weighted by molar-refractivity contribution is -0.140. The second-order valence-corrected chi connectivity index (χ2v) is 6.93. The van der Waals surface area contributed by atoms with Gasteiger partial charge < -0.3 is 9.64 Å². The Morgan fingerprint density at radius 1 is 1.25 bits per heavy atom. The summed E-state index contributed by atoms with van der Waals surface area (Å²) in [6.45, 7) is 5.80. The normalized spacial score (nSPS) is 18.4. The van der Waals surface area contributed by atoms with Crippen molar-refractivity contribution in [3.63, 3.8) is 0 Å². The fraction of sp³-hybridized carbons (Fsp3) is 0.917. The van der Waals surface area contributed by atoms with Crippen LogP contribution in [0.15, 0.2) is 0 Å². The molecule has 1 aliphatic heterocycles. The maximum atomic E-state index is 12.3. The highest BCUT2D eigenvalue weighted by molar-refractivity contribution is 7.86. The average Bonchev–Trinajstić information content (AvgIpc) is 2.45. The lowest BCUT2D eigenvalue weighted by Gasteiger charge is -2.35. The molecular weight excluding hydrogens is 282 g/mol. The predicted molar refractivity (Wildman–Crippen MR) is 76.5 cm³/mol. The molecule has 0 N–H and O–H groups in total. The minimum absolute atomic E-state index is 0.0715. The van der Waals surface area contributed by atoms with Crippen LogP contribution in [0.25, 0.3) is 0 Å². The summed E-state index contributed by atoms with van der Waals surface area (Å²) in [4.78, 5) is 13.3. The molecule has 0 unspecified atom stereocenters. The van der Waals surface area contributed by atoms with Crippen LogP contribution in [0, 0.1) is 0 Å². The van der Waals surface area contributed by atoms with E-state index in [1.807, 2.05) is 0 Å². The largest absolute Gasteiger partial charge is 0.469 e. The summed E-state index contributed by atoms with van der Waals surface area (Å²) in [6.07, 6.45) is 1.15. The van der Waals surface area contributed by atoms with Gasteiger partial charge in [0.15, 0.2) is 0 Å². The Labute approximate surface area is 121 Å². The molecule has 1 saturated heterocycles. The van der Waals surface area contributed by atoms with Gasteiger partial charge in [-0.2, -0.15) is 17.0 Å². The van der Waals surface area contributed by atoms with E-state index in [-0.39, 0.29) is 13.0 Å². The molecule has 0 aromatic rings. The SMILES string of the molecule is CCCN1CCN(S(=O)(=O)N(C)CCC(=O)OC)CC1. The number of nitrogens with zero attached hydrogens (tertiary/aromatic N) is 3. The summed E-state index contributed by atoms with van der Waals surface area (Å²) >= 11 is 0. The highest BCUT2D eigenvalue weighted by Gasteiger charge is 2.30. The average molecular weight is 307 g/mol. The van der Waals surface area contributed by atoms with Crippen molar-refractivity contribution in [1.82, 2.24) is 13.5 Å². The van der Waals surface area contributed by atoms with Gasteiger partial charge in [0, 0.05) is 39.8 Å². The zero-order valence-corrected chi connectivity index (χ0v) is 13.4. The number of carbonyl (C=O) groups excluding carboxylic acids is 1. The first kappa shape index (κ1) is 17.4. The van der Waals surface area contributed by atoms with Gasteiger partial charge in [-0.1, -0.05) is 6.92 Å². The maximum Gasteiger partial charge on any atom is 0.306 e. The first-order valence-corrected chi connectivity index (χ1v) is 8.32. The molecule has 1 aliphatic rings. The van der Waals surface area contributed by atoms with E-state index < -0.39 is 16.2 Å². The molecule has 8 heteroatoms. The van der Waals surface area contributed by atoms with E-state index in [2.05, 4.69) is 16.6 Å². The molecule has 7 nitrogen and oxygen atoms in total. The zero-order valence-electron chi connectivity index (χ0n) is 12.5. The van der Waals surface area contributed by atoms with Crippen LogP contribution in [0.5, 0.6) is 0 Å². The van der Waals surface area contributed by atoms with Crippen molar-refractivity contribution < 1.29 is 17.9 Å². The molecule has 1 rings (SSSR count). The third kappa shape index (κ3) is 4.69. The smallest absolute Gasteiger partial charge is 0.306 e. The Morgan fingerprint density at radius 3 is 2.35 bits per heavy atom. The quantitative estimate of drug-likeness (QED) is 0.607. The molecule has 0 aromatic carbocycles. The van der Waals surface area contributed by atoms with Gasteiger partial charge in [-0.05, 0) is 13.0 Å². The minimum atomic E-state index is -3.47. The van der Waals surface area contributed by atoms with Crippen molar-refractivity contribution in [2.75, 3.05) is 53.4 Å². The summed E-state index contributed by atoms with van der Waals surface area (Å²) < 4.78 is 31.9. The van der Waals surface area contributed by atoms with E-state index in [1.54, 1.807) is 0 Å². The number of methoxy groups -OCH3 is 1. The number of rotatable bonds is 7. The Balaban J connectivity index is 2.50. The molecule has 1 fully saturated rings. The van der Waals surface area contributed by atoms with Gasteiger partial charge in [0.1, 0.15) is 0 Å². The zero-order chi connectivity index (χ0) is 15.2. The van der Waals surface area contributed by atoms with E-state index >= 15 is 0 Å². The molecule has 0 aromatic heterocycles. The Kier molecular flexibility index (Phi) is 6.87. The molecular formula is C12H25N3O4S. The maximum absolute atomic E-state index is 12.3. The van der Waals surface area contributed by atoms with Gasteiger partial charge >= 0.3 is 5.97 Å². The molecule has 0 spiro atoms. The van der Waals surface area contributed by atoms with Gasteiger partial charge in [-0.25, -0.2) is 0 Å². The lowest BCUT2D eigenvalue weighted by atomic mass is 10.3. The van der Waals surface area contributed by atoms with Crippen LogP contribution in [-0.2, 0) is 19.7 Å². The van der Waals surface area contributed by atoms with E-state index in [0.717, 1.165) is 26.1 Å². The Hall–Kier alpha value is -0.700. The van der Waals surface area contributed by atoms with Crippen molar-refractivity contribution in [2.45, 2.75) is 19.8 Å². The van der Waals surface area contributed by atoms with Crippen LogP contribution in [0.2, 0.25) is 0 Å². The molecule has 0 radical (unpaired) electrons. The van der Waals surface area contributed by atoms with Crippen LogP contribution in [0.4, 0.5) is 0 Å². The molecule has 0 atom stereocenters. The van der Waals surface area contributed by atoms with Crippen molar-refractivity contribution in [2.24, 2.45) is 0 Å². The topological polar surface area (TPSA) is 70.2 Å². The highest BCUT2D eigenvalue weighted by atomic mass is 32.2. The third-order valence-electron chi connectivity index (χ3n) is 3.45. The van der Waals surface area contributed by atoms with Crippen molar-refractivity contribution in [3.05, 3.63) is 0 Å². The number of hydrogen-bond donors (Lipinski definition) is 0. The molecule has 0 amide bonds. The summed E-state index contributed by atoms with van der Waals surface area (Å²) in [5.41, 5.74) is 0. The third-order valence-corrected chi connectivity index (χ3v) is 5.44. The number of hydrogen-bond acceptors (Lipinski definition) is 5. The summed E-state index contributed by atoms with van der Waals surface area (Å²) in [6, 6.07) is 0. The molecule has 0 aliphatic carbocycles. The molecule has 0 saturated carbocycles. The molecule has 20 heavy (non-hydrogen) atoms. The fourth-order valence-electron chi connectivity index (χ4n) is 2.16. The monoisotopic (exact) mass is 307 g/mol. The lowest BCUT2D eigenvalue weighted by Crippen LogP contribution is -2.52. The predicted octanol–water partition coefficient (Wildman–Crippen LogP) is -0.246. The van der Waals surface area contributed by atoms with Gasteiger partial charge in [0.25, 0.3) is 10.2 Å². The minimum Gasteiger partial charge on any atom is -0.469 e. The van der Waals surface area contributed by atoms with Crippen LogP contribution in [-0.4, -0.2) is 81.3 Å². The molecule has 0 bridgehead atoms. The fourth-order valence-corrected chi connectivity index (χ4v) is 3.50. The van der Waals surface area contributed by atoms with E-state index in [1.165, 1.54) is 22.8 Å². The van der Waals surface area contributed by atoms with Crippen LogP contribution in [0.1, 0.15) is 19.8 Å². The number of piperazine rings is 1. The number of ether oxygens (including phenoxy) is 1. The van der Waals surface area contributed by atoms with Crippen LogP contribution >= 0.6 is 0 Å². The second kappa shape index (κ2) is 7.92. The van der Waals surface area contributed by atoms with Crippen LogP contribution < -0.4 is 0 Å². The van der Waals surface area contributed by atoms with Gasteiger partial charge in [-0.15, -0.1) is 0 Å². The first-order chi connectivity index (χ1) is 9.41. The van der Waals surface area contributed by atoms with Crippen molar-refractivity contribution >= 4 is 16.2 Å². The first-order valence-electron chi connectivity index (χ1n) is 6.92. The van der Waals surface area contributed by atoms with Crippen molar-refractivity contribution in [3.8, 4) is 0 Å². The number of carbonyl (C=O) groups is 1. The molecule has 118 valence electrons. The van der Waals surface area contributed by atoms with Gasteiger partial charge in [0.2, 0.25) is 0 Å². The van der Waals surface area contributed by atoms with Gasteiger partial charge in [-0.3, -0.25) is 4.79 Å².